The molecule has 0 spiro atoms. The number of anilines is 2. The zero-order valence-electron chi connectivity index (χ0n) is 19.6. The molecule has 1 atom stereocenters. The van der Waals surface area contributed by atoms with Crippen molar-refractivity contribution in [1.82, 2.24) is 19.9 Å². The molecule has 2 aliphatic rings. The lowest BCUT2D eigenvalue weighted by molar-refractivity contribution is 0.139. The zero-order chi connectivity index (χ0) is 23.7. The number of nitrogens with two attached hydrogens (primary N) is 2. The number of hydrogen-bond acceptors (Lipinski definition) is 9. The highest BCUT2D eigenvalue weighted by atomic mass is 16.5. The van der Waals surface area contributed by atoms with E-state index in [0.29, 0.717) is 24.8 Å². The summed E-state index contributed by atoms with van der Waals surface area (Å²) in [6.07, 6.45) is 5.14. The van der Waals surface area contributed by atoms with E-state index >= 15 is 0 Å². The first kappa shape index (κ1) is 22.4. The molecular weight excluding hydrogens is 432 g/mol. The van der Waals surface area contributed by atoms with Crippen LogP contribution in [0.1, 0.15) is 28.7 Å². The molecular formula is C25H30N6O3. The molecule has 4 heterocycles. The zero-order valence-corrected chi connectivity index (χ0v) is 19.6. The number of ether oxygens (including phenoxy) is 3. The minimum atomic E-state index is -0.0512. The Morgan fingerprint density at radius 3 is 2.91 bits per heavy atom. The van der Waals surface area contributed by atoms with Gasteiger partial charge < -0.3 is 30.6 Å². The van der Waals surface area contributed by atoms with E-state index in [-0.39, 0.29) is 24.4 Å². The molecule has 0 bridgehead atoms. The Kier molecular flexibility index (Phi) is 6.21. The molecule has 2 aromatic heterocycles. The minimum absolute atomic E-state index is 0.0512. The van der Waals surface area contributed by atoms with Crippen LogP contribution in [0.4, 0.5) is 11.6 Å². The Hall–Kier alpha value is -3.43. The molecule has 178 valence electrons. The van der Waals surface area contributed by atoms with Crippen LogP contribution in [0.2, 0.25) is 0 Å². The van der Waals surface area contributed by atoms with Gasteiger partial charge in [0, 0.05) is 36.8 Å². The third kappa shape index (κ3) is 4.62. The Labute approximate surface area is 199 Å². The van der Waals surface area contributed by atoms with Gasteiger partial charge in [0.15, 0.2) is 17.4 Å². The van der Waals surface area contributed by atoms with Gasteiger partial charge in [0.05, 0.1) is 25.1 Å². The van der Waals surface area contributed by atoms with Crippen LogP contribution in [-0.2, 0) is 24.3 Å². The fourth-order valence-corrected chi connectivity index (χ4v) is 4.51. The predicted octanol–water partition coefficient (Wildman–Crippen LogP) is 2.75. The number of likely N-dealkylation sites (N-methyl/N-ethyl adjacent to an activating group) is 1. The molecule has 0 unspecified atom stereocenters. The van der Waals surface area contributed by atoms with Crippen LogP contribution in [0, 0.1) is 6.92 Å². The number of nitrogens with zero attached hydrogens (tertiary/aromatic N) is 4. The van der Waals surface area contributed by atoms with Crippen molar-refractivity contribution in [3.8, 4) is 22.9 Å². The summed E-state index contributed by atoms with van der Waals surface area (Å²) in [5.41, 5.74) is 18.7. The molecule has 1 fully saturated rings. The standard InChI is InChI=1S/C25H30N6O3/c1-15-9-17(10-18-12-31(2)7-4-20(15)18)21-11-29-24(27)25(30-21)33-13-16-3-6-28-23(26)22(16)34-19-5-8-32-14-19/h3,6,9-11,19H,4-5,7-8,12-14H2,1-2H3,(H2,26,28)(H2,27,29)/t19-/m0/s1. The average molecular weight is 463 g/mol. The maximum atomic E-state index is 6.10. The van der Waals surface area contributed by atoms with Gasteiger partial charge in [-0.25, -0.2) is 15.0 Å². The monoisotopic (exact) mass is 462 g/mol. The maximum absolute atomic E-state index is 6.10. The topological polar surface area (TPSA) is 122 Å². The number of fused-ring (bicyclic) bond motifs is 1. The van der Waals surface area contributed by atoms with E-state index in [9.17, 15) is 0 Å². The summed E-state index contributed by atoms with van der Waals surface area (Å²) in [7, 11) is 2.14. The van der Waals surface area contributed by atoms with Gasteiger partial charge in [0.1, 0.15) is 12.7 Å². The van der Waals surface area contributed by atoms with Gasteiger partial charge >= 0.3 is 0 Å². The Balaban J connectivity index is 1.38. The van der Waals surface area contributed by atoms with Gasteiger partial charge in [-0.1, -0.05) is 0 Å². The van der Waals surface area contributed by atoms with Crippen molar-refractivity contribution >= 4 is 11.6 Å². The van der Waals surface area contributed by atoms with Crippen molar-refractivity contribution in [2.24, 2.45) is 0 Å². The second-order valence-corrected chi connectivity index (χ2v) is 8.94. The second-order valence-electron chi connectivity index (χ2n) is 8.94. The molecule has 0 aliphatic carbocycles. The second kappa shape index (κ2) is 9.44. The SMILES string of the molecule is Cc1cc(-c2cnc(N)c(OCc3ccnc(N)c3O[C@H]3CCOC3)n2)cc2c1CCN(C)C2. The number of rotatable bonds is 6. The summed E-state index contributed by atoms with van der Waals surface area (Å²) in [6, 6.07) is 6.17. The summed E-state index contributed by atoms with van der Waals surface area (Å²) in [5, 5.41) is 0. The molecule has 0 amide bonds. The first-order valence-electron chi connectivity index (χ1n) is 11.5. The van der Waals surface area contributed by atoms with Gasteiger partial charge in [-0.15, -0.1) is 0 Å². The molecule has 1 saturated heterocycles. The van der Waals surface area contributed by atoms with Gasteiger partial charge in [0.25, 0.3) is 5.88 Å². The Bertz CT molecular complexity index is 1200. The first-order valence-corrected chi connectivity index (χ1v) is 11.5. The van der Waals surface area contributed by atoms with Crippen LogP contribution in [0.15, 0.2) is 30.6 Å². The molecule has 4 N–H and O–H groups in total. The van der Waals surface area contributed by atoms with Crippen molar-refractivity contribution in [2.75, 3.05) is 38.3 Å². The first-order chi connectivity index (χ1) is 16.5. The van der Waals surface area contributed by atoms with Crippen LogP contribution in [0.5, 0.6) is 11.6 Å². The molecule has 0 saturated carbocycles. The van der Waals surface area contributed by atoms with Crippen LogP contribution in [-0.4, -0.2) is 52.8 Å². The number of aryl methyl sites for hydroxylation is 1. The van der Waals surface area contributed by atoms with Crippen LogP contribution < -0.4 is 20.9 Å². The van der Waals surface area contributed by atoms with Crippen molar-refractivity contribution < 1.29 is 14.2 Å². The predicted molar refractivity (Wildman–Crippen MR) is 129 cm³/mol. The molecule has 9 nitrogen and oxygen atoms in total. The van der Waals surface area contributed by atoms with Crippen molar-refractivity contribution in [3.05, 3.63) is 52.8 Å². The van der Waals surface area contributed by atoms with E-state index in [1.165, 1.54) is 16.7 Å². The van der Waals surface area contributed by atoms with E-state index in [2.05, 4.69) is 41.0 Å². The molecule has 34 heavy (non-hydrogen) atoms. The lowest BCUT2D eigenvalue weighted by Gasteiger charge is -2.27. The fourth-order valence-electron chi connectivity index (χ4n) is 4.51. The number of benzene rings is 1. The van der Waals surface area contributed by atoms with Crippen molar-refractivity contribution in [1.29, 1.82) is 0 Å². The van der Waals surface area contributed by atoms with Crippen LogP contribution in [0.25, 0.3) is 11.3 Å². The van der Waals surface area contributed by atoms with E-state index < -0.39 is 0 Å². The highest BCUT2D eigenvalue weighted by Crippen LogP contribution is 2.31. The van der Waals surface area contributed by atoms with Gasteiger partial charge in [0.2, 0.25) is 0 Å². The third-order valence-electron chi connectivity index (χ3n) is 6.36. The van der Waals surface area contributed by atoms with Gasteiger partial charge in [-0.3, -0.25) is 0 Å². The fraction of sp³-hybridized carbons (Fsp3) is 0.400. The maximum Gasteiger partial charge on any atom is 0.258 e. The smallest absolute Gasteiger partial charge is 0.258 e. The number of aromatic nitrogens is 3. The molecule has 5 rings (SSSR count). The molecule has 3 aromatic rings. The highest BCUT2D eigenvalue weighted by Gasteiger charge is 2.22. The van der Waals surface area contributed by atoms with Crippen molar-refractivity contribution in [2.45, 2.75) is 39.0 Å². The van der Waals surface area contributed by atoms with E-state index in [0.717, 1.165) is 42.8 Å². The van der Waals surface area contributed by atoms with E-state index in [1.807, 2.05) is 6.07 Å². The van der Waals surface area contributed by atoms with E-state index in [4.69, 9.17) is 30.7 Å². The third-order valence-corrected chi connectivity index (χ3v) is 6.36. The molecule has 2 aliphatic heterocycles. The lowest BCUT2D eigenvalue weighted by Crippen LogP contribution is -2.27. The quantitative estimate of drug-likeness (QED) is 0.569. The number of nitrogen functional groups attached to an aromatic ring is 2. The van der Waals surface area contributed by atoms with E-state index in [1.54, 1.807) is 12.4 Å². The minimum Gasteiger partial charge on any atom is -0.484 e. The summed E-state index contributed by atoms with van der Waals surface area (Å²) < 4.78 is 17.5. The van der Waals surface area contributed by atoms with Crippen LogP contribution in [0.3, 0.4) is 0 Å². The summed E-state index contributed by atoms with van der Waals surface area (Å²) in [5.74, 6) is 1.33. The van der Waals surface area contributed by atoms with Crippen LogP contribution >= 0.6 is 0 Å². The van der Waals surface area contributed by atoms with Gasteiger partial charge in [-0.05, 0) is 55.3 Å². The lowest BCUT2D eigenvalue weighted by atomic mass is 9.92. The Morgan fingerprint density at radius 2 is 2.09 bits per heavy atom. The largest absolute Gasteiger partial charge is 0.484 e. The summed E-state index contributed by atoms with van der Waals surface area (Å²) in [6.45, 7) is 5.53. The average Bonchev–Trinajstić information content (AvgIpc) is 3.33. The summed E-state index contributed by atoms with van der Waals surface area (Å²) >= 11 is 0. The molecule has 9 heteroatoms. The molecule has 0 radical (unpaired) electrons. The number of pyridine rings is 1. The Morgan fingerprint density at radius 1 is 1.21 bits per heavy atom. The highest BCUT2D eigenvalue weighted by molar-refractivity contribution is 5.64. The number of hydrogen-bond donors (Lipinski definition) is 2. The summed E-state index contributed by atoms with van der Waals surface area (Å²) in [4.78, 5) is 15.5. The molecule has 1 aromatic carbocycles. The van der Waals surface area contributed by atoms with Crippen molar-refractivity contribution in [3.63, 3.8) is 0 Å². The van der Waals surface area contributed by atoms with Gasteiger partial charge in [-0.2, -0.15) is 0 Å². The normalized spacial score (nSPS) is 18.0.